The molecule has 0 aliphatic rings. The van der Waals surface area contributed by atoms with Crippen molar-refractivity contribution in [3.63, 3.8) is 0 Å². The van der Waals surface area contributed by atoms with Crippen molar-refractivity contribution in [3.8, 4) is 0 Å². The Morgan fingerprint density at radius 3 is 2.50 bits per heavy atom. The van der Waals surface area contributed by atoms with Crippen LogP contribution < -0.4 is 10.6 Å². The maximum atomic E-state index is 13.1. The summed E-state index contributed by atoms with van der Waals surface area (Å²) in [5.74, 6) is 1.17. The number of rotatable bonds is 5. The molecule has 0 aliphatic heterocycles. The highest BCUT2D eigenvalue weighted by Gasteiger charge is 2.32. The van der Waals surface area contributed by atoms with Gasteiger partial charge in [-0.1, -0.05) is 12.1 Å². The molecular weight excluding hydrogens is 433 g/mol. The SMILES string of the molecule is CCNc1cc2nc(C)nc(NCc3cccc(C(F)(F)F)c3C)c2cc1Br. The second-order valence-corrected chi connectivity index (χ2v) is 7.29. The highest BCUT2D eigenvalue weighted by atomic mass is 79.9. The van der Waals surface area contributed by atoms with Crippen LogP contribution in [-0.4, -0.2) is 16.5 Å². The van der Waals surface area contributed by atoms with Crippen molar-refractivity contribution in [1.29, 1.82) is 0 Å². The molecule has 148 valence electrons. The molecule has 0 atom stereocenters. The van der Waals surface area contributed by atoms with E-state index in [2.05, 4.69) is 36.5 Å². The van der Waals surface area contributed by atoms with Gasteiger partial charge < -0.3 is 10.6 Å². The number of alkyl halides is 3. The average molecular weight is 453 g/mol. The molecule has 0 aliphatic carbocycles. The Balaban J connectivity index is 1.96. The summed E-state index contributed by atoms with van der Waals surface area (Å²) in [6.07, 6.45) is -4.37. The van der Waals surface area contributed by atoms with E-state index >= 15 is 0 Å². The van der Waals surface area contributed by atoms with Crippen molar-refractivity contribution in [2.75, 3.05) is 17.2 Å². The summed E-state index contributed by atoms with van der Waals surface area (Å²) in [7, 11) is 0. The van der Waals surface area contributed by atoms with Gasteiger partial charge in [-0.05, 0) is 66.0 Å². The standard InChI is InChI=1S/C20H20BrF3N4/c1-4-25-18-9-17-14(8-16(18)21)19(28-12(3)27-17)26-10-13-6-5-7-15(11(13)2)20(22,23)24/h5-9,25H,4,10H2,1-3H3,(H,26,27,28). The molecule has 2 N–H and O–H groups in total. The second kappa shape index (κ2) is 7.95. The quantitative estimate of drug-likeness (QED) is 0.492. The third-order valence-electron chi connectivity index (χ3n) is 4.46. The fraction of sp³-hybridized carbons (Fsp3) is 0.300. The molecule has 1 heterocycles. The van der Waals surface area contributed by atoms with Crippen LogP contribution in [-0.2, 0) is 12.7 Å². The molecule has 3 aromatic rings. The molecule has 0 amide bonds. The first-order valence-corrected chi connectivity index (χ1v) is 9.61. The Kier molecular flexibility index (Phi) is 5.79. The Morgan fingerprint density at radius 1 is 1.07 bits per heavy atom. The third-order valence-corrected chi connectivity index (χ3v) is 5.12. The number of aryl methyl sites for hydroxylation is 1. The summed E-state index contributed by atoms with van der Waals surface area (Å²) in [5, 5.41) is 7.24. The topological polar surface area (TPSA) is 49.8 Å². The summed E-state index contributed by atoms with van der Waals surface area (Å²) >= 11 is 3.54. The molecule has 0 fully saturated rings. The van der Waals surface area contributed by atoms with Crippen LogP contribution in [0.25, 0.3) is 10.9 Å². The van der Waals surface area contributed by atoms with Gasteiger partial charge in [0.15, 0.2) is 0 Å². The Bertz CT molecular complexity index is 1020. The molecule has 8 heteroatoms. The number of nitrogens with zero attached hydrogens (tertiary/aromatic N) is 2. The Morgan fingerprint density at radius 2 is 1.82 bits per heavy atom. The van der Waals surface area contributed by atoms with E-state index < -0.39 is 11.7 Å². The summed E-state index contributed by atoms with van der Waals surface area (Å²) in [5.41, 5.74) is 1.85. The van der Waals surface area contributed by atoms with Crippen LogP contribution in [0.1, 0.15) is 29.4 Å². The molecule has 0 saturated heterocycles. The van der Waals surface area contributed by atoms with Crippen LogP contribution in [0, 0.1) is 13.8 Å². The smallest absolute Gasteiger partial charge is 0.384 e. The van der Waals surface area contributed by atoms with Gasteiger partial charge in [0.05, 0.1) is 16.8 Å². The Hall–Kier alpha value is -2.35. The minimum Gasteiger partial charge on any atom is -0.384 e. The van der Waals surface area contributed by atoms with E-state index in [1.807, 2.05) is 19.1 Å². The van der Waals surface area contributed by atoms with Gasteiger partial charge in [-0.2, -0.15) is 13.2 Å². The first-order chi connectivity index (χ1) is 13.2. The lowest BCUT2D eigenvalue weighted by Gasteiger charge is -2.16. The van der Waals surface area contributed by atoms with Crippen molar-refractivity contribution in [2.45, 2.75) is 33.5 Å². The van der Waals surface area contributed by atoms with Crippen molar-refractivity contribution in [2.24, 2.45) is 0 Å². The molecule has 1 aromatic heterocycles. The number of nitrogens with one attached hydrogen (secondary N) is 2. The molecule has 28 heavy (non-hydrogen) atoms. The maximum Gasteiger partial charge on any atom is 0.416 e. The zero-order valence-corrected chi connectivity index (χ0v) is 17.3. The molecule has 3 rings (SSSR count). The minimum atomic E-state index is -4.37. The molecule has 0 radical (unpaired) electrons. The summed E-state index contributed by atoms with van der Waals surface area (Å²) in [4.78, 5) is 8.93. The predicted octanol–water partition coefficient (Wildman–Crippen LogP) is 6.07. The summed E-state index contributed by atoms with van der Waals surface area (Å²) < 4.78 is 40.3. The van der Waals surface area contributed by atoms with Crippen LogP contribution >= 0.6 is 15.9 Å². The lowest BCUT2D eigenvalue weighted by atomic mass is 10.0. The van der Waals surface area contributed by atoms with E-state index in [0.29, 0.717) is 17.2 Å². The second-order valence-electron chi connectivity index (χ2n) is 6.44. The van der Waals surface area contributed by atoms with Crippen LogP contribution in [0.3, 0.4) is 0 Å². The van der Waals surface area contributed by atoms with Crippen molar-refractivity contribution < 1.29 is 13.2 Å². The summed E-state index contributed by atoms with van der Waals surface area (Å²) in [6, 6.07) is 8.05. The fourth-order valence-corrected chi connectivity index (χ4v) is 3.57. The largest absolute Gasteiger partial charge is 0.416 e. The average Bonchev–Trinajstić information content (AvgIpc) is 2.61. The van der Waals surface area contributed by atoms with Crippen molar-refractivity contribution in [1.82, 2.24) is 9.97 Å². The molecule has 4 nitrogen and oxygen atoms in total. The van der Waals surface area contributed by atoms with E-state index in [-0.39, 0.29) is 12.1 Å². The van der Waals surface area contributed by atoms with Gasteiger partial charge in [0, 0.05) is 22.9 Å². The zero-order valence-electron chi connectivity index (χ0n) is 15.7. The van der Waals surface area contributed by atoms with Gasteiger partial charge >= 0.3 is 6.18 Å². The number of anilines is 2. The predicted molar refractivity (Wildman–Crippen MR) is 110 cm³/mol. The van der Waals surface area contributed by atoms with E-state index in [4.69, 9.17) is 0 Å². The number of aromatic nitrogens is 2. The third kappa shape index (κ3) is 4.22. The highest BCUT2D eigenvalue weighted by Crippen LogP contribution is 2.34. The van der Waals surface area contributed by atoms with E-state index in [1.165, 1.54) is 13.0 Å². The number of fused-ring (bicyclic) bond motifs is 1. The van der Waals surface area contributed by atoms with Gasteiger partial charge in [-0.3, -0.25) is 0 Å². The molecule has 0 saturated carbocycles. The molecule has 0 bridgehead atoms. The van der Waals surface area contributed by atoms with Gasteiger partial charge in [-0.25, -0.2) is 9.97 Å². The number of halogens is 4. The first-order valence-electron chi connectivity index (χ1n) is 8.82. The van der Waals surface area contributed by atoms with Crippen LogP contribution in [0.15, 0.2) is 34.8 Å². The number of hydrogen-bond donors (Lipinski definition) is 2. The highest BCUT2D eigenvalue weighted by molar-refractivity contribution is 9.10. The van der Waals surface area contributed by atoms with E-state index in [0.717, 1.165) is 33.7 Å². The molecular formula is C20H20BrF3N4. The monoisotopic (exact) mass is 452 g/mol. The number of hydrogen-bond acceptors (Lipinski definition) is 4. The lowest BCUT2D eigenvalue weighted by Crippen LogP contribution is -2.11. The van der Waals surface area contributed by atoms with Gasteiger partial charge in [0.2, 0.25) is 0 Å². The Labute approximate surface area is 169 Å². The molecule has 0 unspecified atom stereocenters. The van der Waals surface area contributed by atoms with Crippen LogP contribution in [0.5, 0.6) is 0 Å². The maximum absolute atomic E-state index is 13.1. The first kappa shape index (κ1) is 20.4. The van der Waals surface area contributed by atoms with Crippen molar-refractivity contribution in [3.05, 3.63) is 57.3 Å². The van der Waals surface area contributed by atoms with E-state index in [1.54, 1.807) is 13.0 Å². The van der Waals surface area contributed by atoms with E-state index in [9.17, 15) is 13.2 Å². The van der Waals surface area contributed by atoms with Crippen molar-refractivity contribution >= 4 is 38.3 Å². The minimum absolute atomic E-state index is 0.216. The van der Waals surface area contributed by atoms with Crippen LogP contribution in [0.4, 0.5) is 24.7 Å². The fourth-order valence-electron chi connectivity index (χ4n) is 3.09. The van der Waals surface area contributed by atoms with Gasteiger partial charge in [0.1, 0.15) is 11.6 Å². The van der Waals surface area contributed by atoms with Crippen LogP contribution in [0.2, 0.25) is 0 Å². The van der Waals surface area contributed by atoms with Gasteiger partial charge in [0.25, 0.3) is 0 Å². The zero-order chi connectivity index (χ0) is 20.5. The summed E-state index contributed by atoms with van der Waals surface area (Å²) in [6.45, 7) is 6.28. The number of benzene rings is 2. The normalized spacial score (nSPS) is 11.7. The molecule has 0 spiro atoms. The van der Waals surface area contributed by atoms with Gasteiger partial charge in [-0.15, -0.1) is 0 Å². The lowest BCUT2D eigenvalue weighted by molar-refractivity contribution is -0.138. The molecule has 2 aromatic carbocycles.